The molecule has 6 nitrogen and oxygen atoms in total. The molecule has 0 heterocycles. The van der Waals surface area contributed by atoms with Crippen LogP contribution in [-0.4, -0.2) is 73.8 Å². The fourth-order valence-electron chi connectivity index (χ4n) is 2.95. The molecule has 6 heteroatoms. The third-order valence-electron chi connectivity index (χ3n) is 4.95. The molecule has 0 atom stereocenters. The van der Waals surface area contributed by atoms with Crippen molar-refractivity contribution < 1.29 is 0 Å². The SMILES string of the molecule is CCCCNCCN(CCCC)C(=N)C(=N)N(CCCC)CCNCCCC. The molecule has 0 spiro atoms. The molecule has 0 amide bonds. The van der Waals surface area contributed by atoms with Crippen molar-refractivity contribution in [3.63, 3.8) is 0 Å². The van der Waals surface area contributed by atoms with E-state index in [1.54, 1.807) is 0 Å². The van der Waals surface area contributed by atoms with Gasteiger partial charge in [0.05, 0.1) is 0 Å². The summed E-state index contributed by atoms with van der Waals surface area (Å²) in [5.74, 6) is 0.769. The summed E-state index contributed by atoms with van der Waals surface area (Å²) in [6, 6.07) is 0. The molecule has 0 aromatic carbocycles. The first-order chi connectivity index (χ1) is 13.6. The van der Waals surface area contributed by atoms with Gasteiger partial charge in [0.1, 0.15) is 0 Å². The van der Waals surface area contributed by atoms with E-state index in [9.17, 15) is 0 Å². The zero-order valence-electron chi connectivity index (χ0n) is 19.2. The highest BCUT2D eigenvalue weighted by molar-refractivity contribution is 6.37. The molecule has 0 aromatic heterocycles. The molecule has 0 aliphatic rings. The zero-order valence-corrected chi connectivity index (χ0v) is 19.2. The molecular formula is C22H48N6. The average Bonchev–Trinajstić information content (AvgIpc) is 2.71. The van der Waals surface area contributed by atoms with Crippen LogP contribution in [0, 0.1) is 10.8 Å². The minimum atomic E-state index is 0.385. The molecule has 0 fully saturated rings. The monoisotopic (exact) mass is 396 g/mol. The van der Waals surface area contributed by atoms with Gasteiger partial charge in [0.15, 0.2) is 11.7 Å². The Morgan fingerprint density at radius 3 is 1.21 bits per heavy atom. The normalized spacial score (nSPS) is 10.9. The molecular weight excluding hydrogens is 348 g/mol. The maximum absolute atomic E-state index is 8.67. The molecule has 28 heavy (non-hydrogen) atoms. The highest BCUT2D eigenvalue weighted by atomic mass is 15.3. The van der Waals surface area contributed by atoms with Gasteiger partial charge in [0.2, 0.25) is 0 Å². The van der Waals surface area contributed by atoms with E-state index in [2.05, 4.69) is 48.1 Å². The number of amidine groups is 2. The lowest BCUT2D eigenvalue weighted by atomic mass is 10.2. The van der Waals surface area contributed by atoms with Crippen LogP contribution in [0.25, 0.3) is 0 Å². The molecule has 0 aromatic rings. The van der Waals surface area contributed by atoms with Crippen molar-refractivity contribution in [3.05, 3.63) is 0 Å². The van der Waals surface area contributed by atoms with Crippen LogP contribution in [-0.2, 0) is 0 Å². The summed E-state index contributed by atoms with van der Waals surface area (Å²) in [7, 11) is 0. The van der Waals surface area contributed by atoms with E-state index in [1.807, 2.05) is 0 Å². The molecule has 0 bridgehead atoms. The van der Waals surface area contributed by atoms with Crippen LogP contribution < -0.4 is 10.6 Å². The van der Waals surface area contributed by atoms with Crippen molar-refractivity contribution in [2.45, 2.75) is 79.1 Å². The summed E-state index contributed by atoms with van der Waals surface area (Å²) in [5.41, 5.74) is 0. The van der Waals surface area contributed by atoms with Crippen LogP contribution in [0.4, 0.5) is 0 Å². The highest BCUT2D eigenvalue weighted by Crippen LogP contribution is 2.03. The minimum absolute atomic E-state index is 0.385. The quantitative estimate of drug-likeness (QED) is 0.161. The van der Waals surface area contributed by atoms with Gasteiger partial charge in [0.25, 0.3) is 0 Å². The van der Waals surface area contributed by atoms with Crippen LogP contribution in [0.1, 0.15) is 79.1 Å². The van der Waals surface area contributed by atoms with Gasteiger partial charge < -0.3 is 20.4 Å². The van der Waals surface area contributed by atoms with Crippen molar-refractivity contribution in [3.8, 4) is 0 Å². The van der Waals surface area contributed by atoms with Crippen LogP contribution in [0.15, 0.2) is 0 Å². The molecule has 0 saturated carbocycles. The van der Waals surface area contributed by atoms with Crippen molar-refractivity contribution in [2.24, 2.45) is 0 Å². The molecule has 0 aliphatic heterocycles. The molecule has 0 saturated heterocycles. The first kappa shape index (κ1) is 26.9. The second-order valence-electron chi connectivity index (χ2n) is 7.59. The van der Waals surface area contributed by atoms with E-state index >= 15 is 0 Å². The Morgan fingerprint density at radius 2 is 0.893 bits per heavy atom. The Balaban J connectivity index is 4.71. The second kappa shape index (κ2) is 19.2. The molecule has 0 aliphatic carbocycles. The molecule has 0 radical (unpaired) electrons. The predicted molar refractivity (Wildman–Crippen MR) is 124 cm³/mol. The zero-order chi connectivity index (χ0) is 21.0. The maximum atomic E-state index is 8.67. The second-order valence-corrected chi connectivity index (χ2v) is 7.59. The first-order valence-electron chi connectivity index (χ1n) is 11.7. The summed E-state index contributed by atoms with van der Waals surface area (Å²) in [4.78, 5) is 4.18. The van der Waals surface area contributed by atoms with Gasteiger partial charge in [-0.2, -0.15) is 0 Å². The largest absolute Gasteiger partial charge is 0.353 e. The van der Waals surface area contributed by atoms with E-state index in [-0.39, 0.29) is 0 Å². The fourth-order valence-corrected chi connectivity index (χ4v) is 2.95. The van der Waals surface area contributed by atoms with Gasteiger partial charge in [-0.1, -0.05) is 53.4 Å². The molecule has 0 unspecified atom stereocenters. The topological polar surface area (TPSA) is 78.2 Å². The van der Waals surface area contributed by atoms with E-state index < -0.39 is 0 Å². The summed E-state index contributed by atoms with van der Waals surface area (Å²) in [5, 5.41) is 24.3. The third-order valence-corrected chi connectivity index (χ3v) is 4.95. The van der Waals surface area contributed by atoms with Gasteiger partial charge in [-0.05, 0) is 38.8 Å². The lowest BCUT2D eigenvalue weighted by molar-refractivity contribution is 0.377. The first-order valence-corrected chi connectivity index (χ1v) is 11.7. The Morgan fingerprint density at radius 1 is 0.536 bits per heavy atom. The predicted octanol–water partition coefficient (Wildman–Crippen LogP) is 3.92. The van der Waals surface area contributed by atoms with Gasteiger partial charge in [-0.25, -0.2) is 0 Å². The average molecular weight is 397 g/mol. The highest BCUT2D eigenvalue weighted by Gasteiger charge is 2.19. The van der Waals surface area contributed by atoms with Crippen LogP contribution in [0.2, 0.25) is 0 Å². The Bertz CT molecular complexity index is 349. The van der Waals surface area contributed by atoms with Gasteiger partial charge in [-0.15, -0.1) is 0 Å². The van der Waals surface area contributed by atoms with Gasteiger partial charge in [-0.3, -0.25) is 10.8 Å². The Kier molecular flexibility index (Phi) is 18.4. The summed E-state index contributed by atoms with van der Waals surface area (Å²) >= 11 is 0. The molecule has 166 valence electrons. The van der Waals surface area contributed by atoms with Crippen LogP contribution in [0.3, 0.4) is 0 Å². The van der Waals surface area contributed by atoms with Crippen molar-refractivity contribution in [1.29, 1.82) is 10.8 Å². The number of unbranched alkanes of at least 4 members (excludes halogenated alkanes) is 4. The van der Waals surface area contributed by atoms with E-state index in [0.29, 0.717) is 11.7 Å². The van der Waals surface area contributed by atoms with Crippen LogP contribution in [0.5, 0.6) is 0 Å². The standard InChI is InChI=1S/C22H48N6/c1-5-9-13-25-15-19-27(17-11-7-3)21(23)22(24)28(18-12-8-4)20-16-26-14-10-6-2/h23-26H,5-20H2,1-4H3. The third kappa shape index (κ3) is 13.1. The smallest absolute Gasteiger partial charge is 0.163 e. The number of rotatable bonds is 18. The summed E-state index contributed by atoms with van der Waals surface area (Å²) in [6.07, 6.45) is 9.15. The van der Waals surface area contributed by atoms with E-state index in [0.717, 1.165) is 78.0 Å². The number of nitrogens with one attached hydrogen (secondary N) is 4. The van der Waals surface area contributed by atoms with Gasteiger partial charge in [0, 0.05) is 39.3 Å². The van der Waals surface area contributed by atoms with Crippen molar-refractivity contribution in [1.82, 2.24) is 20.4 Å². The lowest BCUT2D eigenvalue weighted by Crippen LogP contribution is -2.48. The lowest BCUT2D eigenvalue weighted by Gasteiger charge is -2.31. The van der Waals surface area contributed by atoms with Crippen LogP contribution >= 0.6 is 0 Å². The summed E-state index contributed by atoms with van der Waals surface area (Å²) < 4.78 is 0. The number of hydrogen-bond donors (Lipinski definition) is 4. The van der Waals surface area contributed by atoms with Crippen molar-refractivity contribution in [2.75, 3.05) is 52.4 Å². The van der Waals surface area contributed by atoms with E-state index in [1.165, 1.54) is 25.7 Å². The number of nitrogens with zero attached hydrogens (tertiary/aromatic N) is 2. The minimum Gasteiger partial charge on any atom is -0.353 e. The Hall–Kier alpha value is -1.14. The maximum Gasteiger partial charge on any atom is 0.163 e. The Labute approximate surface area is 174 Å². The molecule has 0 rings (SSSR count). The number of hydrogen-bond acceptors (Lipinski definition) is 4. The van der Waals surface area contributed by atoms with E-state index in [4.69, 9.17) is 10.8 Å². The summed E-state index contributed by atoms with van der Waals surface area (Å²) in [6.45, 7) is 16.0. The fraction of sp³-hybridized carbons (Fsp3) is 0.909. The molecule has 4 N–H and O–H groups in total. The van der Waals surface area contributed by atoms with Crippen molar-refractivity contribution >= 4 is 11.7 Å². The van der Waals surface area contributed by atoms with Gasteiger partial charge >= 0.3 is 0 Å².